The van der Waals surface area contributed by atoms with Crippen molar-refractivity contribution in [2.45, 2.75) is 38.6 Å². The van der Waals surface area contributed by atoms with Gasteiger partial charge in [-0.05, 0) is 25.8 Å². The number of carbonyl (C=O) groups excluding carboxylic acids is 1. The summed E-state index contributed by atoms with van der Waals surface area (Å²) in [5, 5.41) is 11.0. The van der Waals surface area contributed by atoms with Crippen LogP contribution in [0.25, 0.3) is 0 Å². The number of amides is 1. The Morgan fingerprint density at radius 2 is 1.90 bits per heavy atom. The summed E-state index contributed by atoms with van der Waals surface area (Å²) in [5.74, 6) is -2.55. The molecule has 0 aromatic heterocycles. The summed E-state index contributed by atoms with van der Waals surface area (Å²) in [4.78, 5) is 21.9. The first-order chi connectivity index (χ1) is 9.40. The van der Waals surface area contributed by atoms with Gasteiger partial charge in [0.05, 0.1) is 6.04 Å². The van der Waals surface area contributed by atoms with Gasteiger partial charge < -0.3 is 10.4 Å². The molecular formula is C14H17F2NO3. The smallest absolute Gasteiger partial charge is 0.303 e. The van der Waals surface area contributed by atoms with Crippen molar-refractivity contribution in [2.75, 3.05) is 0 Å². The Morgan fingerprint density at radius 3 is 2.50 bits per heavy atom. The van der Waals surface area contributed by atoms with E-state index in [1.165, 1.54) is 6.07 Å². The number of rotatable bonds is 7. The lowest BCUT2D eigenvalue weighted by atomic mass is 10.1. The molecule has 0 bridgehead atoms. The SMILES string of the molecule is CC(NC(=O)CCCCC(=O)O)c1ccc(F)cc1F. The normalized spacial score (nSPS) is 11.9. The van der Waals surface area contributed by atoms with Crippen molar-refractivity contribution in [3.63, 3.8) is 0 Å². The van der Waals surface area contributed by atoms with Crippen LogP contribution in [0.5, 0.6) is 0 Å². The Morgan fingerprint density at radius 1 is 1.25 bits per heavy atom. The van der Waals surface area contributed by atoms with Crippen LogP contribution in [-0.4, -0.2) is 17.0 Å². The molecule has 1 amide bonds. The number of nitrogens with one attached hydrogen (secondary N) is 1. The zero-order valence-corrected chi connectivity index (χ0v) is 11.2. The predicted molar refractivity (Wildman–Crippen MR) is 69.0 cm³/mol. The van der Waals surface area contributed by atoms with E-state index in [0.717, 1.165) is 12.1 Å². The summed E-state index contributed by atoms with van der Waals surface area (Å²) in [6.07, 6.45) is 1.08. The molecule has 2 N–H and O–H groups in total. The van der Waals surface area contributed by atoms with Gasteiger partial charge in [0.1, 0.15) is 11.6 Å². The number of aliphatic carboxylic acids is 1. The van der Waals surface area contributed by atoms with Crippen molar-refractivity contribution in [1.29, 1.82) is 0 Å². The molecule has 0 fully saturated rings. The molecule has 0 aliphatic heterocycles. The molecule has 20 heavy (non-hydrogen) atoms. The average molecular weight is 285 g/mol. The maximum Gasteiger partial charge on any atom is 0.303 e. The molecule has 0 spiro atoms. The lowest BCUT2D eigenvalue weighted by Crippen LogP contribution is -2.27. The third-order valence-corrected chi connectivity index (χ3v) is 2.85. The second kappa shape index (κ2) is 7.57. The van der Waals surface area contributed by atoms with Gasteiger partial charge in [0, 0.05) is 24.5 Å². The maximum atomic E-state index is 13.5. The largest absolute Gasteiger partial charge is 0.481 e. The molecular weight excluding hydrogens is 268 g/mol. The molecule has 6 heteroatoms. The fourth-order valence-electron chi connectivity index (χ4n) is 1.81. The zero-order valence-electron chi connectivity index (χ0n) is 11.2. The van der Waals surface area contributed by atoms with Crippen molar-refractivity contribution < 1.29 is 23.5 Å². The minimum absolute atomic E-state index is 0.0232. The van der Waals surface area contributed by atoms with Gasteiger partial charge >= 0.3 is 5.97 Å². The second-order valence-electron chi connectivity index (χ2n) is 4.56. The average Bonchev–Trinajstić information content (AvgIpc) is 2.34. The number of halogens is 2. The van der Waals surface area contributed by atoms with Crippen LogP contribution in [0.15, 0.2) is 18.2 Å². The molecule has 0 aliphatic carbocycles. The van der Waals surface area contributed by atoms with Crippen molar-refractivity contribution in [1.82, 2.24) is 5.32 Å². The molecule has 110 valence electrons. The summed E-state index contributed by atoms with van der Waals surface area (Å²) in [7, 11) is 0. The fraction of sp³-hybridized carbons (Fsp3) is 0.429. The van der Waals surface area contributed by atoms with Gasteiger partial charge in [-0.3, -0.25) is 9.59 Å². The standard InChI is InChI=1S/C14H17F2NO3/c1-9(11-7-6-10(15)8-12(11)16)17-13(18)4-2-3-5-14(19)20/h6-9H,2-5H2,1H3,(H,17,18)(H,19,20). The number of benzene rings is 1. The fourth-order valence-corrected chi connectivity index (χ4v) is 1.81. The van der Waals surface area contributed by atoms with Crippen LogP contribution < -0.4 is 5.32 Å². The first-order valence-electron chi connectivity index (χ1n) is 6.36. The highest BCUT2D eigenvalue weighted by Gasteiger charge is 2.14. The van der Waals surface area contributed by atoms with E-state index in [1.54, 1.807) is 6.92 Å². The topological polar surface area (TPSA) is 66.4 Å². The van der Waals surface area contributed by atoms with Gasteiger partial charge in [-0.25, -0.2) is 8.78 Å². The Kier molecular flexibility index (Phi) is 6.09. The third-order valence-electron chi connectivity index (χ3n) is 2.85. The van der Waals surface area contributed by atoms with Crippen molar-refractivity contribution in [2.24, 2.45) is 0 Å². The summed E-state index contributed by atoms with van der Waals surface area (Å²) < 4.78 is 26.3. The molecule has 0 saturated heterocycles. The highest BCUT2D eigenvalue weighted by Crippen LogP contribution is 2.17. The molecule has 1 atom stereocenters. The minimum atomic E-state index is -0.896. The maximum absolute atomic E-state index is 13.5. The minimum Gasteiger partial charge on any atom is -0.481 e. The Hall–Kier alpha value is -1.98. The van der Waals surface area contributed by atoms with Gasteiger partial charge in [-0.2, -0.15) is 0 Å². The summed E-state index contributed by atoms with van der Waals surface area (Å²) in [6, 6.07) is 2.63. The molecule has 4 nitrogen and oxygen atoms in total. The first kappa shape index (κ1) is 16.1. The lowest BCUT2D eigenvalue weighted by molar-refractivity contribution is -0.137. The van der Waals surface area contributed by atoms with Crippen molar-refractivity contribution >= 4 is 11.9 Å². The van der Waals surface area contributed by atoms with Gasteiger partial charge in [0.2, 0.25) is 5.91 Å². The van der Waals surface area contributed by atoms with E-state index in [1.807, 2.05) is 0 Å². The number of unbranched alkanes of at least 4 members (excludes halogenated alkanes) is 1. The van der Waals surface area contributed by atoms with E-state index in [2.05, 4.69) is 5.32 Å². The Bertz CT molecular complexity index is 491. The molecule has 0 aliphatic rings. The van der Waals surface area contributed by atoms with E-state index in [0.29, 0.717) is 12.8 Å². The van der Waals surface area contributed by atoms with Crippen molar-refractivity contribution in [3.05, 3.63) is 35.4 Å². The van der Waals surface area contributed by atoms with E-state index in [4.69, 9.17) is 5.11 Å². The zero-order chi connectivity index (χ0) is 15.1. The van der Waals surface area contributed by atoms with Crippen LogP contribution in [0.1, 0.15) is 44.2 Å². The van der Waals surface area contributed by atoms with Crippen LogP contribution >= 0.6 is 0 Å². The Balaban J connectivity index is 2.43. The van der Waals surface area contributed by atoms with E-state index >= 15 is 0 Å². The number of hydrogen-bond acceptors (Lipinski definition) is 2. The Labute approximate surface area is 115 Å². The highest BCUT2D eigenvalue weighted by atomic mass is 19.1. The van der Waals surface area contributed by atoms with Crippen LogP contribution in [0.3, 0.4) is 0 Å². The molecule has 0 saturated carbocycles. The van der Waals surface area contributed by atoms with Gasteiger partial charge in [0.25, 0.3) is 0 Å². The summed E-state index contributed by atoms with van der Waals surface area (Å²) >= 11 is 0. The first-order valence-corrected chi connectivity index (χ1v) is 6.36. The lowest BCUT2D eigenvalue weighted by Gasteiger charge is -2.15. The van der Waals surface area contributed by atoms with Gasteiger partial charge in [0.15, 0.2) is 0 Å². The molecule has 1 rings (SSSR count). The quantitative estimate of drug-likeness (QED) is 0.757. The van der Waals surface area contributed by atoms with E-state index < -0.39 is 23.6 Å². The molecule has 1 unspecified atom stereocenters. The van der Waals surface area contributed by atoms with Crippen LogP contribution in [-0.2, 0) is 9.59 Å². The number of hydrogen-bond donors (Lipinski definition) is 2. The van der Waals surface area contributed by atoms with Crippen LogP contribution in [0, 0.1) is 11.6 Å². The molecule has 0 radical (unpaired) electrons. The third kappa shape index (κ3) is 5.34. The summed E-state index contributed by atoms with van der Waals surface area (Å²) in [5.41, 5.74) is 0.213. The molecule has 0 heterocycles. The number of carboxylic acids is 1. The van der Waals surface area contributed by atoms with Crippen molar-refractivity contribution in [3.8, 4) is 0 Å². The highest BCUT2D eigenvalue weighted by molar-refractivity contribution is 5.76. The van der Waals surface area contributed by atoms with E-state index in [-0.39, 0.29) is 24.3 Å². The molecule has 1 aromatic rings. The number of carbonyl (C=O) groups is 2. The summed E-state index contributed by atoms with van der Waals surface area (Å²) in [6.45, 7) is 1.60. The number of carboxylic acid groups (broad SMARTS) is 1. The van der Waals surface area contributed by atoms with Gasteiger partial charge in [-0.1, -0.05) is 6.07 Å². The second-order valence-corrected chi connectivity index (χ2v) is 4.56. The molecule has 1 aromatic carbocycles. The predicted octanol–water partition coefficient (Wildman–Crippen LogP) is 2.79. The van der Waals surface area contributed by atoms with Crippen LogP contribution in [0.4, 0.5) is 8.78 Å². The van der Waals surface area contributed by atoms with E-state index in [9.17, 15) is 18.4 Å². The monoisotopic (exact) mass is 285 g/mol. The van der Waals surface area contributed by atoms with Gasteiger partial charge in [-0.15, -0.1) is 0 Å². The van der Waals surface area contributed by atoms with Crippen LogP contribution in [0.2, 0.25) is 0 Å².